The zero-order valence-corrected chi connectivity index (χ0v) is 20.1. The molecule has 4 N–H and O–H groups in total. The Labute approximate surface area is 204 Å². The maximum atomic E-state index is 13.6. The molecule has 35 heavy (non-hydrogen) atoms. The molecule has 2 amide bonds. The van der Waals surface area contributed by atoms with Crippen molar-refractivity contribution in [2.24, 2.45) is 11.1 Å². The number of hydrogen-bond donors (Lipinski definition) is 4. The first kappa shape index (κ1) is 26.4. The second-order valence-corrected chi connectivity index (χ2v) is 9.35. The minimum atomic E-state index is -1.73. The molecule has 0 radical (unpaired) electrons. The van der Waals surface area contributed by atoms with Crippen LogP contribution in [0.25, 0.3) is 0 Å². The Kier molecular flexibility index (Phi) is 8.64. The molecule has 1 heterocycles. The van der Waals surface area contributed by atoms with Gasteiger partial charge in [-0.2, -0.15) is 0 Å². The van der Waals surface area contributed by atoms with Gasteiger partial charge in [0.1, 0.15) is 5.82 Å². The maximum absolute atomic E-state index is 13.6. The van der Waals surface area contributed by atoms with Crippen LogP contribution in [0, 0.1) is 18.7 Å². The predicted octanol–water partition coefficient (Wildman–Crippen LogP) is 2.16. The van der Waals surface area contributed by atoms with Crippen LogP contribution in [-0.4, -0.2) is 52.8 Å². The lowest BCUT2D eigenvalue weighted by Crippen LogP contribution is -2.56. The molecule has 3 rings (SSSR count). The van der Waals surface area contributed by atoms with E-state index in [1.807, 2.05) is 44.2 Å². The molecule has 10 heteroatoms. The van der Waals surface area contributed by atoms with Crippen LogP contribution in [0.1, 0.15) is 48.2 Å². The van der Waals surface area contributed by atoms with Crippen LogP contribution in [0.4, 0.5) is 4.39 Å². The van der Waals surface area contributed by atoms with E-state index in [1.54, 1.807) is 6.92 Å². The Balaban J connectivity index is 1.74. The highest BCUT2D eigenvalue weighted by Crippen LogP contribution is 2.29. The van der Waals surface area contributed by atoms with E-state index in [9.17, 15) is 24.0 Å². The van der Waals surface area contributed by atoms with Crippen LogP contribution in [0.2, 0.25) is 0 Å². The lowest BCUT2D eigenvalue weighted by Gasteiger charge is -2.29. The molecular weight excluding hydrogens is 452 g/mol. The lowest BCUT2D eigenvalue weighted by atomic mass is 9.74. The molecule has 0 aliphatic carbocycles. The van der Waals surface area contributed by atoms with E-state index in [0.29, 0.717) is 17.7 Å². The highest BCUT2D eigenvalue weighted by atomic mass is 19.1. The summed E-state index contributed by atoms with van der Waals surface area (Å²) < 4.78 is 13.6. The number of aryl methyl sites for hydroxylation is 1. The third kappa shape index (κ3) is 6.89. The highest BCUT2D eigenvalue weighted by Gasteiger charge is 2.48. The maximum Gasteiger partial charge on any atom is 0.475 e. The van der Waals surface area contributed by atoms with Gasteiger partial charge in [0.05, 0.1) is 18.2 Å². The lowest BCUT2D eigenvalue weighted by molar-refractivity contribution is -0.144. The zero-order chi connectivity index (χ0) is 25.6. The van der Waals surface area contributed by atoms with Gasteiger partial charge in [-0.05, 0) is 42.5 Å². The standard InChI is InChI=1S/C25H31BFN3O5/c1-16(2)11-22(26(33)34)29-24(32)25(13-18-7-5-4-6-8-18)14-20(30-35-25)15-28-23(31)21-12-19(27)10-9-17(21)3/h4-10,12,16,22,33-34H,11,13-15H2,1-3H3,(H,28,31)(H,29,32)/t22-,25?/m0/s1. The molecule has 2 aromatic carbocycles. The van der Waals surface area contributed by atoms with Gasteiger partial charge < -0.3 is 25.5 Å². The van der Waals surface area contributed by atoms with Gasteiger partial charge in [0.25, 0.3) is 11.8 Å². The third-order valence-corrected chi connectivity index (χ3v) is 5.88. The van der Waals surface area contributed by atoms with Crippen molar-refractivity contribution in [3.8, 4) is 0 Å². The summed E-state index contributed by atoms with van der Waals surface area (Å²) in [5, 5.41) is 29.0. The number of nitrogens with one attached hydrogen (secondary N) is 2. The molecule has 0 aromatic heterocycles. The SMILES string of the molecule is Cc1ccc(F)cc1C(=O)NCC1=NOC(Cc2ccccc2)(C(=O)N[C@@H](CC(C)C)B(O)O)C1. The topological polar surface area (TPSA) is 120 Å². The van der Waals surface area contributed by atoms with E-state index in [4.69, 9.17) is 4.84 Å². The summed E-state index contributed by atoms with van der Waals surface area (Å²) in [4.78, 5) is 31.7. The van der Waals surface area contributed by atoms with Gasteiger partial charge in [0.2, 0.25) is 5.60 Å². The number of amides is 2. The van der Waals surface area contributed by atoms with Gasteiger partial charge in [0, 0.05) is 18.4 Å². The van der Waals surface area contributed by atoms with Gasteiger partial charge in [0.15, 0.2) is 0 Å². The molecule has 0 fully saturated rings. The number of hydrogen-bond acceptors (Lipinski definition) is 6. The average molecular weight is 483 g/mol. The fourth-order valence-electron chi connectivity index (χ4n) is 4.04. The van der Waals surface area contributed by atoms with Crippen molar-refractivity contribution in [1.29, 1.82) is 0 Å². The summed E-state index contributed by atoms with van der Waals surface area (Å²) in [5.74, 6) is -2.26. The van der Waals surface area contributed by atoms with Gasteiger partial charge in [-0.1, -0.05) is 55.4 Å². The number of benzene rings is 2. The van der Waals surface area contributed by atoms with Crippen molar-refractivity contribution >= 4 is 24.6 Å². The predicted molar refractivity (Wildman–Crippen MR) is 131 cm³/mol. The molecule has 1 aliphatic heterocycles. The number of rotatable bonds is 10. The normalized spacial score (nSPS) is 18.0. The Hall–Kier alpha value is -3.24. The van der Waals surface area contributed by atoms with Crippen LogP contribution in [-0.2, 0) is 16.1 Å². The van der Waals surface area contributed by atoms with E-state index in [-0.39, 0.29) is 30.9 Å². The number of halogens is 1. The molecule has 2 atom stereocenters. The molecule has 0 spiro atoms. The van der Waals surface area contributed by atoms with Crippen LogP contribution in [0.5, 0.6) is 0 Å². The highest BCUT2D eigenvalue weighted by molar-refractivity contribution is 6.43. The minimum Gasteiger partial charge on any atom is -0.426 e. The minimum absolute atomic E-state index is 0.0106. The van der Waals surface area contributed by atoms with Gasteiger partial charge in [-0.15, -0.1) is 0 Å². The first-order valence-electron chi connectivity index (χ1n) is 11.6. The Bertz CT molecular complexity index is 1080. The Morgan fingerprint density at radius 1 is 1.20 bits per heavy atom. The number of oxime groups is 1. The fraction of sp³-hybridized carbons (Fsp3) is 0.400. The van der Waals surface area contributed by atoms with Crippen molar-refractivity contribution in [2.45, 2.75) is 51.6 Å². The summed E-state index contributed by atoms with van der Waals surface area (Å²) >= 11 is 0. The van der Waals surface area contributed by atoms with Crippen molar-refractivity contribution in [1.82, 2.24) is 10.6 Å². The van der Waals surface area contributed by atoms with Crippen molar-refractivity contribution in [2.75, 3.05) is 6.54 Å². The summed E-state index contributed by atoms with van der Waals surface area (Å²) in [5.41, 5.74) is 0.698. The summed E-state index contributed by atoms with van der Waals surface area (Å²) in [6.07, 6.45) is 0.646. The average Bonchev–Trinajstić information content (AvgIpc) is 3.23. The summed E-state index contributed by atoms with van der Waals surface area (Å²) in [6, 6.07) is 13.2. The second-order valence-electron chi connectivity index (χ2n) is 9.35. The van der Waals surface area contributed by atoms with E-state index in [1.165, 1.54) is 18.2 Å². The van der Waals surface area contributed by atoms with E-state index in [2.05, 4.69) is 15.8 Å². The van der Waals surface area contributed by atoms with E-state index < -0.39 is 36.3 Å². The van der Waals surface area contributed by atoms with Gasteiger partial charge in [-0.25, -0.2) is 4.39 Å². The molecule has 8 nitrogen and oxygen atoms in total. The molecule has 2 aromatic rings. The third-order valence-electron chi connectivity index (χ3n) is 5.88. The number of carbonyl (C=O) groups excluding carboxylic acids is 2. The first-order chi connectivity index (χ1) is 16.6. The fourth-order valence-corrected chi connectivity index (χ4v) is 4.04. The Morgan fingerprint density at radius 2 is 1.91 bits per heavy atom. The number of carbonyl (C=O) groups is 2. The molecule has 186 valence electrons. The smallest absolute Gasteiger partial charge is 0.426 e. The van der Waals surface area contributed by atoms with Crippen molar-refractivity contribution in [3.05, 3.63) is 71.0 Å². The van der Waals surface area contributed by atoms with Crippen molar-refractivity contribution in [3.63, 3.8) is 0 Å². The Morgan fingerprint density at radius 3 is 2.57 bits per heavy atom. The van der Waals surface area contributed by atoms with Crippen LogP contribution < -0.4 is 10.6 Å². The largest absolute Gasteiger partial charge is 0.475 e. The molecule has 0 saturated heterocycles. The molecular formula is C25H31BFN3O5. The van der Waals surface area contributed by atoms with Gasteiger partial charge >= 0.3 is 7.12 Å². The van der Waals surface area contributed by atoms with E-state index in [0.717, 1.165) is 5.56 Å². The number of nitrogens with zero attached hydrogens (tertiary/aromatic N) is 1. The molecule has 1 unspecified atom stereocenters. The van der Waals surface area contributed by atoms with Crippen LogP contribution in [0.3, 0.4) is 0 Å². The monoisotopic (exact) mass is 483 g/mol. The zero-order valence-electron chi connectivity index (χ0n) is 20.1. The second kappa shape index (κ2) is 11.5. The summed E-state index contributed by atoms with van der Waals surface area (Å²) in [6.45, 7) is 5.55. The molecule has 1 aliphatic rings. The first-order valence-corrected chi connectivity index (χ1v) is 11.6. The quantitative estimate of drug-likeness (QED) is 0.386. The van der Waals surface area contributed by atoms with E-state index >= 15 is 0 Å². The molecule has 0 saturated carbocycles. The van der Waals surface area contributed by atoms with Crippen LogP contribution >= 0.6 is 0 Å². The molecule has 0 bridgehead atoms. The van der Waals surface area contributed by atoms with Gasteiger partial charge in [-0.3, -0.25) is 9.59 Å². The summed E-state index contributed by atoms with van der Waals surface area (Å²) in [7, 11) is -1.73. The van der Waals surface area contributed by atoms with Crippen molar-refractivity contribution < 1.29 is 28.9 Å². The van der Waals surface area contributed by atoms with Crippen LogP contribution in [0.15, 0.2) is 53.7 Å².